The summed E-state index contributed by atoms with van der Waals surface area (Å²) in [7, 11) is -3.67. The highest BCUT2D eigenvalue weighted by Gasteiger charge is 2.39. The van der Waals surface area contributed by atoms with Crippen molar-refractivity contribution >= 4 is 27.3 Å². The highest BCUT2D eigenvalue weighted by molar-refractivity contribution is 7.91. The van der Waals surface area contributed by atoms with E-state index in [2.05, 4.69) is 0 Å². The van der Waals surface area contributed by atoms with Crippen molar-refractivity contribution in [2.75, 3.05) is 6.54 Å². The summed E-state index contributed by atoms with van der Waals surface area (Å²) in [5, 5.41) is 10.9. The van der Waals surface area contributed by atoms with Crippen molar-refractivity contribution in [1.82, 2.24) is 4.31 Å². The first kappa shape index (κ1) is 13.5. The molecule has 1 saturated heterocycles. The zero-order chi connectivity index (χ0) is 13.3. The minimum Gasteiger partial charge on any atom is -0.480 e. The second-order valence-electron chi connectivity index (χ2n) is 4.53. The molecule has 7 heteroatoms. The standard InChI is InChI=1S/C11H15NO4S2/c1-8-4-5-12(9(7-8)11(13)14)18(15,16)10-3-2-6-17-10/h2-3,6,8-9H,4-5,7H2,1H3,(H,13,14). The number of thiophene rings is 1. The van der Waals surface area contributed by atoms with E-state index in [1.54, 1.807) is 11.4 Å². The minimum atomic E-state index is -3.67. The topological polar surface area (TPSA) is 74.7 Å². The predicted molar refractivity (Wildman–Crippen MR) is 68.0 cm³/mol. The SMILES string of the molecule is CC1CCN(S(=O)(=O)c2cccs2)C(C(=O)O)C1. The number of hydrogen-bond acceptors (Lipinski definition) is 4. The first-order valence-corrected chi connectivity index (χ1v) is 8.03. The molecule has 2 unspecified atom stereocenters. The third kappa shape index (κ3) is 2.43. The van der Waals surface area contributed by atoms with Gasteiger partial charge in [0.15, 0.2) is 0 Å². The molecule has 1 fully saturated rings. The maximum Gasteiger partial charge on any atom is 0.322 e. The van der Waals surface area contributed by atoms with Gasteiger partial charge in [0.25, 0.3) is 10.0 Å². The van der Waals surface area contributed by atoms with Gasteiger partial charge in [-0.25, -0.2) is 8.42 Å². The molecule has 0 aromatic carbocycles. The average Bonchev–Trinajstić information content (AvgIpc) is 2.82. The lowest BCUT2D eigenvalue weighted by molar-refractivity contribution is -0.142. The summed E-state index contributed by atoms with van der Waals surface area (Å²) >= 11 is 1.12. The molecule has 0 spiro atoms. The Labute approximate surface area is 110 Å². The Bertz CT molecular complexity index is 523. The predicted octanol–water partition coefficient (Wildman–Crippen LogP) is 1.62. The van der Waals surface area contributed by atoms with Crippen molar-refractivity contribution in [2.45, 2.75) is 30.0 Å². The van der Waals surface area contributed by atoms with Gasteiger partial charge in [-0.2, -0.15) is 4.31 Å². The van der Waals surface area contributed by atoms with E-state index >= 15 is 0 Å². The summed E-state index contributed by atoms with van der Waals surface area (Å²) in [4.78, 5) is 11.2. The molecule has 1 aliphatic rings. The molecule has 0 radical (unpaired) electrons. The van der Waals surface area contributed by atoms with Gasteiger partial charge in [-0.05, 0) is 30.2 Å². The van der Waals surface area contributed by atoms with Crippen LogP contribution >= 0.6 is 11.3 Å². The Hall–Kier alpha value is -0.920. The zero-order valence-corrected chi connectivity index (χ0v) is 11.6. The van der Waals surface area contributed by atoms with Crippen LogP contribution < -0.4 is 0 Å². The fraction of sp³-hybridized carbons (Fsp3) is 0.545. The van der Waals surface area contributed by atoms with Crippen LogP contribution in [0.2, 0.25) is 0 Å². The number of aliphatic carboxylic acids is 1. The molecule has 2 rings (SSSR count). The highest BCUT2D eigenvalue weighted by atomic mass is 32.2. The smallest absolute Gasteiger partial charge is 0.322 e. The lowest BCUT2D eigenvalue weighted by Crippen LogP contribution is -2.49. The van der Waals surface area contributed by atoms with Crippen LogP contribution in [0.1, 0.15) is 19.8 Å². The summed E-state index contributed by atoms with van der Waals surface area (Å²) in [6.45, 7) is 2.23. The van der Waals surface area contributed by atoms with Crippen LogP contribution in [0.25, 0.3) is 0 Å². The zero-order valence-electron chi connectivity index (χ0n) is 9.94. The number of carbonyl (C=O) groups is 1. The number of carboxylic acid groups (broad SMARTS) is 1. The van der Waals surface area contributed by atoms with Gasteiger partial charge in [0, 0.05) is 6.54 Å². The number of sulfonamides is 1. The van der Waals surface area contributed by atoms with Gasteiger partial charge < -0.3 is 5.11 Å². The average molecular weight is 289 g/mol. The van der Waals surface area contributed by atoms with Crippen LogP contribution in [0.15, 0.2) is 21.7 Å². The Morgan fingerprint density at radius 2 is 2.28 bits per heavy atom. The van der Waals surface area contributed by atoms with Gasteiger partial charge in [-0.1, -0.05) is 13.0 Å². The number of nitrogens with zero attached hydrogens (tertiary/aromatic N) is 1. The summed E-state index contributed by atoms with van der Waals surface area (Å²) < 4.78 is 26.0. The van der Waals surface area contributed by atoms with E-state index in [4.69, 9.17) is 0 Å². The number of rotatable bonds is 3. The largest absolute Gasteiger partial charge is 0.480 e. The van der Waals surface area contributed by atoms with Crippen molar-refractivity contribution in [3.63, 3.8) is 0 Å². The Morgan fingerprint density at radius 3 is 2.83 bits per heavy atom. The first-order valence-electron chi connectivity index (χ1n) is 5.71. The molecule has 18 heavy (non-hydrogen) atoms. The Kier molecular flexibility index (Phi) is 3.74. The second kappa shape index (κ2) is 4.99. The summed E-state index contributed by atoms with van der Waals surface area (Å²) in [6.07, 6.45) is 1.08. The summed E-state index contributed by atoms with van der Waals surface area (Å²) in [6, 6.07) is 2.22. The van der Waals surface area contributed by atoms with Crippen LogP contribution in [0.3, 0.4) is 0 Å². The maximum atomic E-state index is 12.3. The number of carboxylic acids is 1. The molecule has 0 saturated carbocycles. The van der Waals surface area contributed by atoms with Crippen LogP contribution in [-0.2, 0) is 14.8 Å². The number of hydrogen-bond donors (Lipinski definition) is 1. The van der Waals surface area contributed by atoms with Crippen LogP contribution in [0.4, 0.5) is 0 Å². The van der Waals surface area contributed by atoms with E-state index in [9.17, 15) is 18.3 Å². The van der Waals surface area contributed by atoms with Crippen molar-refractivity contribution in [2.24, 2.45) is 5.92 Å². The van der Waals surface area contributed by atoms with Crippen LogP contribution in [0, 0.1) is 5.92 Å². The van der Waals surface area contributed by atoms with Gasteiger partial charge >= 0.3 is 5.97 Å². The molecular weight excluding hydrogens is 274 g/mol. The second-order valence-corrected chi connectivity index (χ2v) is 7.60. The van der Waals surface area contributed by atoms with E-state index < -0.39 is 22.0 Å². The minimum absolute atomic E-state index is 0.211. The van der Waals surface area contributed by atoms with E-state index in [-0.39, 0.29) is 16.7 Å². The molecule has 0 amide bonds. The summed E-state index contributed by atoms with van der Waals surface area (Å²) in [5.74, 6) is -0.831. The molecule has 1 aliphatic heterocycles. The van der Waals surface area contributed by atoms with Crippen LogP contribution in [0.5, 0.6) is 0 Å². The molecule has 100 valence electrons. The van der Waals surface area contributed by atoms with Crippen molar-refractivity contribution < 1.29 is 18.3 Å². The van der Waals surface area contributed by atoms with E-state index in [0.717, 1.165) is 15.6 Å². The molecule has 0 aliphatic carbocycles. The van der Waals surface area contributed by atoms with Gasteiger partial charge in [0.1, 0.15) is 10.3 Å². The fourth-order valence-electron chi connectivity index (χ4n) is 2.16. The normalized spacial score (nSPS) is 26.1. The van der Waals surface area contributed by atoms with Crippen molar-refractivity contribution in [3.8, 4) is 0 Å². The van der Waals surface area contributed by atoms with Gasteiger partial charge in [0.2, 0.25) is 0 Å². The molecule has 2 heterocycles. The fourth-order valence-corrected chi connectivity index (χ4v) is 4.88. The van der Waals surface area contributed by atoms with E-state index in [0.29, 0.717) is 12.8 Å². The molecule has 1 N–H and O–H groups in total. The monoisotopic (exact) mass is 289 g/mol. The first-order chi connectivity index (χ1) is 8.43. The highest BCUT2D eigenvalue weighted by Crippen LogP contribution is 2.30. The molecule has 0 bridgehead atoms. The lowest BCUT2D eigenvalue weighted by Gasteiger charge is -2.34. The molecule has 2 atom stereocenters. The van der Waals surface area contributed by atoms with Crippen molar-refractivity contribution in [3.05, 3.63) is 17.5 Å². The van der Waals surface area contributed by atoms with Crippen molar-refractivity contribution in [1.29, 1.82) is 0 Å². The maximum absolute atomic E-state index is 12.3. The lowest BCUT2D eigenvalue weighted by atomic mass is 9.94. The summed E-state index contributed by atoms with van der Waals surface area (Å²) in [5.41, 5.74) is 0. The molecule has 5 nitrogen and oxygen atoms in total. The molecular formula is C11H15NO4S2. The Morgan fingerprint density at radius 1 is 1.56 bits per heavy atom. The van der Waals surface area contributed by atoms with Gasteiger partial charge in [0.05, 0.1) is 0 Å². The number of piperidine rings is 1. The third-order valence-corrected chi connectivity index (χ3v) is 6.44. The third-order valence-electron chi connectivity index (χ3n) is 3.16. The molecule has 1 aromatic rings. The van der Waals surface area contributed by atoms with Crippen LogP contribution in [-0.4, -0.2) is 36.4 Å². The van der Waals surface area contributed by atoms with E-state index in [1.165, 1.54) is 6.07 Å². The Balaban J connectivity index is 2.34. The van der Waals surface area contributed by atoms with Gasteiger partial charge in [-0.15, -0.1) is 11.3 Å². The quantitative estimate of drug-likeness (QED) is 0.917. The van der Waals surface area contributed by atoms with Gasteiger partial charge in [-0.3, -0.25) is 4.79 Å². The van der Waals surface area contributed by atoms with E-state index in [1.807, 2.05) is 6.92 Å². The molecule has 1 aromatic heterocycles.